The predicted octanol–water partition coefficient (Wildman–Crippen LogP) is 0.151. The van der Waals surface area contributed by atoms with Crippen LogP contribution in [0.15, 0.2) is 22.8 Å². The number of rotatable bonds is 2. The number of hydrogen-bond donors (Lipinski definition) is 2. The fourth-order valence-electron chi connectivity index (χ4n) is 1.91. The highest BCUT2D eigenvalue weighted by atomic mass is 16.6. The van der Waals surface area contributed by atoms with Crippen LogP contribution in [-0.4, -0.2) is 33.2 Å². The van der Waals surface area contributed by atoms with Crippen LogP contribution in [0.3, 0.4) is 0 Å². The number of carbonyl (C=O) groups is 3. The third kappa shape index (κ3) is 1.46. The Hall–Kier alpha value is -3.23. The Morgan fingerprint density at radius 1 is 1.20 bits per heavy atom. The van der Waals surface area contributed by atoms with E-state index in [9.17, 15) is 14.4 Å². The number of nitrogens with two attached hydrogens (primary N) is 1. The van der Waals surface area contributed by atoms with Gasteiger partial charge in [0.2, 0.25) is 11.6 Å². The van der Waals surface area contributed by atoms with Crippen molar-refractivity contribution in [3.63, 3.8) is 0 Å². The molecule has 0 unspecified atom stereocenters. The summed E-state index contributed by atoms with van der Waals surface area (Å²) in [4.78, 5) is 35.9. The van der Waals surface area contributed by atoms with E-state index in [-0.39, 0.29) is 28.3 Å². The van der Waals surface area contributed by atoms with Gasteiger partial charge in [-0.3, -0.25) is 9.59 Å². The van der Waals surface area contributed by atoms with Crippen LogP contribution in [0.5, 0.6) is 0 Å². The zero-order valence-electron chi connectivity index (χ0n) is 9.73. The van der Waals surface area contributed by atoms with E-state index in [1.54, 1.807) is 0 Å². The molecule has 100 valence electrons. The highest BCUT2D eigenvalue weighted by Crippen LogP contribution is 2.30. The lowest BCUT2D eigenvalue weighted by Gasteiger charge is -2.08. The molecule has 0 fully saturated rings. The van der Waals surface area contributed by atoms with Gasteiger partial charge >= 0.3 is 5.97 Å². The van der Waals surface area contributed by atoms with E-state index in [0.717, 1.165) is 6.07 Å². The van der Waals surface area contributed by atoms with Crippen LogP contribution < -0.4 is 10.6 Å². The summed E-state index contributed by atoms with van der Waals surface area (Å²) < 4.78 is 4.35. The van der Waals surface area contributed by atoms with Gasteiger partial charge in [0.25, 0.3) is 11.8 Å². The van der Waals surface area contributed by atoms with Gasteiger partial charge in [-0.25, -0.2) is 14.3 Å². The number of benzene rings is 1. The molecule has 1 aromatic carbocycles. The monoisotopic (exact) mass is 274 g/mol. The number of carboxylic acid groups (broad SMARTS) is 1. The lowest BCUT2D eigenvalue weighted by Crippen LogP contribution is -2.30. The van der Waals surface area contributed by atoms with Gasteiger partial charge < -0.3 is 10.8 Å². The minimum Gasteiger partial charge on any atom is -0.478 e. The zero-order chi connectivity index (χ0) is 14.4. The minimum atomic E-state index is -1.20. The van der Waals surface area contributed by atoms with Gasteiger partial charge in [0, 0.05) is 0 Å². The van der Waals surface area contributed by atoms with Gasteiger partial charge in [-0.1, -0.05) is 0 Å². The second kappa shape index (κ2) is 3.88. The molecule has 3 N–H and O–H groups in total. The number of fused-ring (bicyclic) bond motifs is 1. The molecule has 1 aromatic heterocycles. The molecule has 2 amide bonds. The molecular formula is C11H6N4O5. The maximum Gasteiger partial charge on any atom is 0.335 e. The lowest BCUT2D eigenvalue weighted by atomic mass is 10.1. The first-order valence-electron chi connectivity index (χ1n) is 5.35. The Morgan fingerprint density at radius 3 is 2.50 bits per heavy atom. The largest absolute Gasteiger partial charge is 0.478 e. The third-order valence-corrected chi connectivity index (χ3v) is 2.84. The van der Waals surface area contributed by atoms with Crippen LogP contribution in [0.2, 0.25) is 0 Å². The van der Waals surface area contributed by atoms with E-state index in [4.69, 9.17) is 10.8 Å². The van der Waals surface area contributed by atoms with E-state index in [1.165, 1.54) is 12.1 Å². The summed E-state index contributed by atoms with van der Waals surface area (Å²) in [6, 6.07) is 3.63. The van der Waals surface area contributed by atoms with Crippen molar-refractivity contribution in [3.05, 3.63) is 34.9 Å². The molecule has 0 aliphatic carbocycles. The van der Waals surface area contributed by atoms with Crippen LogP contribution in [0, 0.1) is 0 Å². The Labute approximate surface area is 110 Å². The van der Waals surface area contributed by atoms with Crippen molar-refractivity contribution < 1.29 is 24.1 Å². The van der Waals surface area contributed by atoms with E-state index in [0.29, 0.717) is 4.90 Å². The van der Waals surface area contributed by atoms with E-state index in [1.807, 2.05) is 0 Å². The van der Waals surface area contributed by atoms with Crippen molar-refractivity contribution in [3.8, 4) is 0 Å². The molecule has 1 aliphatic rings. The molecule has 9 nitrogen and oxygen atoms in total. The summed E-state index contributed by atoms with van der Waals surface area (Å²) in [5, 5.41) is 15.6. The molecule has 0 radical (unpaired) electrons. The number of aromatic carboxylic acids is 1. The fraction of sp³-hybridized carbons (Fsp3) is 0. The Morgan fingerprint density at radius 2 is 1.90 bits per heavy atom. The smallest absolute Gasteiger partial charge is 0.335 e. The third-order valence-electron chi connectivity index (χ3n) is 2.84. The second-order valence-electron chi connectivity index (χ2n) is 3.98. The van der Waals surface area contributed by atoms with Crippen LogP contribution in [0.4, 0.5) is 11.6 Å². The van der Waals surface area contributed by atoms with Crippen molar-refractivity contribution >= 4 is 29.4 Å². The molecular weight excluding hydrogens is 268 g/mol. The number of carboxylic acids is 1. The predicted molar refractivity (Wildman–Crippen MR) is 63.3 cm³/mol. The highest BCUT2D eigenvalue weighted by Gasteiger charge is 2.40. The Balaban J connectivity index is 2.13. The van der Waals surface area contributed by atoms with Crippen molar-refractivity contribution in [2.45, 2.75) is 0 Å². The number of amides is 2. The van der Waals surface area contributed by atoms with Crippen molar-refractivity contribution in [1.82, 2.24) is 10.3 Å². The number of nitrogens with zero attached hydrogens (tertiary/aromatic N) is 3. The van der Waals surface area contributed by atoms with E-state index < -0.39 is 17.8 Å². The van der Waals surface area contributed by atoms with Crippen LogP contribution >= 0.6 is 0 Å². The molecule has 0 bridgehead atoms. The van der Waals surface area contributed by atoms with Gasteiger partial charge in [-0.15, -0.1) is 0 Å². The molecule has 2 heterocycles. The number of aromatic nitrogens is 2. The summed E-state index contributed by atoms with van der Waals surface area (Å²) in [6.07, 6.45) is 0. The lowest BCUT2D eigenvalue weighted by molar-refractivity contribution is 0.0696. The second-order valence-corrected chi connectivity index (χ2v) is 3.98. The van der Waals surface area contributed by atoms with Gasteiger partial charge in [-0.05, 0) is 28.5 Å². The van der Waals surface area contributed by atoms with Crippen molar-refractivity contribution in [2.75, 3.05) is 10.6 Å². The molecule has 0 saturated carbocycles. The molecule has 2 aromatic rings. The van der Waals surface area contributed by atoms with Gasteiger partial charge in [-0.2, -0.15) is 0 Å². The highest BCUT2D eigenvalue weighted by molar-refractivity contribution is 6.34. The fourth-order valence-corrected chi connectivity index (χ4v) is 1.91. The summed E-state index contributed by atoms with van der Waals surface area (Å²) in [5.74, 6) is -3.01. The number of nitrogen functional groups attached to an aromatic ring is 1. The van der Waals surface area contributed by atoms with Crippen LogP contribution in [-0.2, 0) is 0 Å². The Kier molecular flexibility index (Phi) is 2.30. The van der Waals surface area contributed by atoms with Gasteiger partial charge in [0.15, 0.2) is 0 Å². The average molecular weight is 274 g/mol. The van der Waals surface area contributed by atoms with E-state index >= 15 is 0 Å². The number of carbonyl (C=O) groups excluding carboxylic acids is 2. The zero-order valence-corrected chi connectivity index (χ0v) is 9.73. The molecule has 20 heavy (non-hydrogen) atoms. The maximum atomic E-state index is 12.2. The summed E-state index contributed by atoms with van der Waals surface area (Å²) in [6.45, 7) is 0. The van der Waals surface area contributed by atoms with Gasteiger partial charge in [0.05, 0.1) is 16.7 Å². The number of hydrogen-bond acceptors (Lipinski definition) is 7. The van der Waals surface area contributed by atoms with Gasteiger partial charge in [0.1, 0.15) is 0 Å². The first-order valence-corrected chi connectivity index (χ1v) is 5.35. The first kappa shape index (κ1) is 11.8. The number of anilines is 2. The quantitative estimate of drug-likeness (QED) is 0.737. The molecule has 3 rings (SSSR count). The first-order chi connectivity index (χ1) is 9.50. The molecule has 0 saturated heterocycles. The average Bonchev–Trinajstić information content (AvgIpc) is 2.93. The number of imide groups is 1. The minimum absolute atomic E-state index is 0.0303. The molecule has 9 heteroatoms. The van der Waals surface area contributed by atoms with Crippen molar-refractivity contribution in [2.24, 2.45) is 0 Å². The van der Waals surface area contributed by atoms with Crippen LogP contribution in [0.1, 0.15) is 31.1 Å². The summed E-state index contributed by atoms with van der Waals surface area (Å²) in [5.41, 5.74) is 5.39. The standard InChI is InChI=1S/C11H6N4O5/c12-7-8(14-20-13-7)15-9(16)5-2-1-4(11(18)19)3-6(5)10(15)17/h1-3H,(H2,12,13)(H,18,19). The normalized spacial score (nSPS) is 13.7. The molecule has 1 aliphatic heterocycles. The van der Waals surface area contributed by atoms with Crippen molar-refractivity contribution in [1.29, 1.82) is 0 Å². The van der Waals surface area contributed by atoms with E-state index in [2.05, 4.69) is 14.9 Å². The molecule has 0 spiro atoms. The topological polar surface area (TPSA) is 140 Å². The molecule has 0 atom stereocenters. The SMILES string of the molecule is Nc1nonc1N1C(=O)c2ccc(C(=O)O)cc2C1=O. The summed E-state index contributed by atoms with van der Waals surface area (Å²) in [7, 11) is 0. The summed E-state index contributed by atoms with van der Waals surface area (Å²) >= 11 is 0. The van der Waals surface area contributed by atoms with Crippen LogP contribution in [0.25, 0.3) is 0 Å². The maximum absolute atomic E-state index is 12.2. The Bertz CT molecular complexity index is 766.